The van der Waals surface area contributed by atoms with Gasteiger partial charge in [0.1, 0.15) is 5.75 Å². The summed E-state index contributed by atoms with van der Waals surface area (Å²) in [6.45, 7) is 3.38. The minimum absolute atomic E-state index is 0.709. The lowest BCUT2D eigenvalue weighted by atomic mass is 9.95. The average molecular weight is 279 g/mol. The number of hydrogen-bond acceptors (Lipinski definition) is 3. The van der Waals surface area contributed by atoms with Gasteiger partial charge in [-0.1, -0.05) is 25.5 Å². The highest BCUT2D eigenvalue weighted by Crippen LogP contribution is 2.38. The molecule has 0 spiro atoms. The van der Waals surface area contributed by atoms with Crippen LogP contribution in [-0.2, 0) is 0 Å². The molecule has 106 valence electrons. The molecule has 1 aromatic rings. The van der Waals surface area contributed by atoms with Crippen LogP contribution in [0.2, 0.25) is 0 Å². The van der Waals surface area contributed by atoms with Crippen LogP contribution in [0.25, 0.3) is 0 Å². The molecular weight excluding hydrogens is 254 g/mol. The maximum atomic E-state index is 5.44. The van der Waals surface area contributed by atoms with Gasteiger partial charge in [-0.2, -0.15) is 0 Å². The lowest BCUT2D eigenvalue weighted by molar-refractivity contribution is 0.380. The molecule has 0 bridgehead atoms. The molecule has 2 unspecified atom stereocenters. The monoisotopic (exact) mass is 279 g/mol. The molecule has 1 fully saturated rings. The van der Waals surface area contributed by atoms with Crippen LogP contribution in [0.3, 0.4) is 0 Å². The molecule has 3 heteroatoms. The highest BCUT2D eigenvalue weighted by molar-refractivity contribution is 8.00. The Bertz CT molecular complexity index is 383. The molecule has 0 amide bonds. The Morgan fingerprint density at radius 3 is 2.95 bits per heavy atom. The molecule has 1 aromatic carbocycles. The molecule has 1 N–H and O–H groups in total. The van der Waals surface area contributed by atoms with Crippen molar-refractivity contribution in [2.75, 3.05) is 13.7 Å². The largest absolute Gasteiger partial charge is 0.496 e. The second kappa shape index (κ2) is 7.81. The second-order valence-corrected chi connectivity index (χ2v) is 6.55. The maximum Gasteiger partial charge on any atom is 0.132 e. The Hall–Kier alpha value is -0.670. The molecule has 0 aromatic heterocycles. The van der Waals surface area contributed by atoms with Crippen molar-refractivity contribution in [3.05, 3.63) is 24.3 Å². The van der Waals surface area contributed by atoms with Gasteiger partial charge in [-0.25, -0.2) is 0 Å². The van der Waals surface area contributed by atoms with Crippen molar-refractivity contribution >= 4 is 11.8 Å². The highest BCUT2D eigenvalue weighted by atomic mass is 32.2. The fourth-order valence-corrected chi connectivity index (χ4v) is 4.08. The Labute approximate surface area is 121 Å². The number of rotatable bonds is 6. The molecule has 19 heavy (non-hydrogen) atoms. The summed E-state index contributed by atoms with van der Waals surface area (Å²) in [6, 6.07) is 9.07. The first kappa shape index (κ1) is 14.7. The summed E-state index contributed by atoms with van der Waals surface area (Å²) in [5.74, 6) is 1.01. The predicted molar refractivity (Wildman–Crippen MR) is 83.2 cm³/mol. The standard InChI is InChI=1S/C16H25NOS/c1-3-11-17-13-7-6-8-14(12-13)19-16-10-5-4-9-15(16)18-2/h4-5,9-10,13-14,17H,3,6-8,11-12H2,1-2H3. The minimum Gasteiger partial charge on any atom is -0.496 e. The number of nitrogens with one attached hydrogen (secondary N) is 1. The van der Waals surface area contributed by atoms with Crippen LogP contribution in [0.5, 0.6) is 5.75 Å². The maximum absolute atomic E-state index is 5.44. The summed E-state index contributed by atoms with van der Waals surface area (Å²) in [4.78, 5) is 1.28. The summed E-state index contributed by atoms with van der Waals surface area (Å²) < 4.78 is 5.44. The number of methoxy groups -OCH3 is 1. The van der Waals surface area contributed by atoms with Crippen molar-refractivity contribution in [1.82, 2.24) is 5.32 Å². The molecule has 2 rings (SSSR count). The van der Waals surface area contributed by atoms with E-state index < -0.39 is 0 Å². The van der Waals surface area contributed by atoms with Gasteiger partial charge in [0, 0.05) is 16.2 Å². The van der Waals surface area contributed by atoms with E-state index in [4.69, 9.17) is 4.74 Å². The van der Waals surface area contributed by atoms with Gasteiger partial charge in [-0.15, -0.1) is 11.8 Å². The smallest absolute Gasteiger partial charge is 0.132 e. The predicted octanol–water partition coefficient (Wildman–Crippen LogP) is 4.10. The van der Waals surface area contributed by atoms with Crippen molar-refractivity contribution in [2.45, 2.75) is 55.2 Å². The molecule has 2 nitrogen and oxygen atoms in total. The van der Waals surface area contributed by atoms with E-state index >= 15 is 0 Å². The summed E-state index contributed by atoms with van der Waals surface area (Å²) >= 11 is 1.99. The van der Waals surface area contributed by atoms with Crippen LogP contribution < -0.4 is 10.1 Å². The zero-order valence-electron chi connectivity index (χ0n) is 12.0. The number of ether oxygens (including phenoxy) is 1. The summed E-state index contributed by atoms with van der Waals surface area (Å²) in [5.41, 5.74) is 0. The summed E-state index contributed by atoms with van der Waals surface area (Å²) in [5, 5.41) is 4.39. The van der Waals surface area contributed by atoms with Gasteiger partial charge in [0.05, 0.1) is 7.11 Å². The quantitative estimate of drug-likeness (QED) is 0.847. The zero-order valence-corrected chi connectivity index (χ0v) is 12.8. The van der Waals surface area contributed by atoms with Crippen LogP contribution in [0.15, 0.2) is 29.2 Å². The van der Waals surface area contributed by atoms with Crippen LogP contribution >= 0.6 is 11.8 Å². The lowest BCUT2D eigenvalue weighted by Crippen LogP contribution is -2.35. The van der Waals surface area contributed by atoms with Crippen LogP contribution in [-0.4, -0.2) is 24.9 Å². The van der Waals surface area contributed by atoms with Gasteiger partial charge >= 0.3 is 0 Å². The third-order valence-corrected chi connectivity index (χ3v) is 5.02. The molecule has 1 aliphatic rings. The SMILES string of the molecule is CCCNC1CCCC(Sc2ccccc2OC)C1. The third kappa shape index (κ3) is 4.43. The number of benzene rings is 1. The van der Waals surface area contributed by atoms with E-state index in [1.807, 2.05) is 17.8 Å². The van der Waals surface area contributed by atoms with E-state index in [-0.39, 0.29) is 0 Å². The normalized spacial score (nSPS) is 23.3. The molecule has 0 heterocycles. The van der Waals surface area contributed by atoms with Crippen molar-refractivity contribution in [2.24, 2.45) is 0 Å². The third-order valence-electron chi connectivity index (χ3n) is 3.67. The Morgan fingerprint density at radius 1 is 1.32 bits per heavy atom. The minimum atomic E-state index is 0.709. The molecule has 0 saturated heterocycles. The summed E-state index contributed by atoms with van der Waals surface area (Å²) in [7, 11) is 1.76. The van der Waals surface area contributed by atoms with Gasteiger partial charge in [0.25, 0.3) is 0 Å². The fourth-order valence-electron chi connectivity index (χ4n) is 2.68. The first-order valence-corrected chi connectivity index (χ1v) is 8.24. The number of thioether (sulfide) groups is 1. The second-order valence-electron chi connectivity index (χ2n) is 5.21. The van der Waals surface area contributed by atoms with Crippen molar-refractivity contribution in [1.29, 1.82) is 0 Å². The van der Waals surface area contributed by atoms with Gasteiger partial charge in [0.15, 0.2) is 0 Å². The Balaban J connectivity index is 1.91. The zero-order chi connectivity index (χ0) is 13.5. The van der Waals surface area contributed by atoms with Gasteiger partial charge in [-0.05, 0) is 44.4 Å². The van der Waals surface area contributed by atoms with E-state index in [0.29, 0.717) is 6.04 Å². The summed E-state index contributed by atoms with van der Waals surface area (Å²) in [6.07, 6.45) is 6.51. The van der Waals surface area contributed by atoms with Crippen LogP contribution in [0.1, 0.15) is 39.0 Å². The Kier molecular flexibility index (Phi) is 6.05. The number of para-hydroxylation sites is 1. The van der Waals surface area contributed by atoms with Crippen molar-refractivity contribution in [3.63, 3.8) is 0 Å². The van der Waals surface area contributed by atoms with Crippen LogP contribution in [0.4, 0.5) is 0 Å². The molecule has 1 aliphatic carbocycles. The molecule has 0 radical (unpaired) electrons. The number of hydrogen-bond donors (Lipinski definition) is 1. The van der Waals surface area contributed by atoms with Crippen LogP contribution in [0, 0.1) is 0 Å². The molecule has 1 saturated carbocycles. The van der Waals surface area contributed by atoms with E-state index in [1.54, 1.807) is 7.11 Å². The topological polar surface area (TPSA) is 21.3 Å². The van der Waals surface area contributed by atoms with Crippen molar-refractivity contribution < 1.29 is 4.74 Å². The fraction of sp³-hybridized carbons (Fsp3) is 0.625. The van der Waals surface area contributed by atoms with E-state index in [2.05, 4.69) is 30.4 Å². The molecular formula is C16H25NOS. The average Bonchev–Trinajstić information content (AvgIpc) is 2.46. The van der Waals surface area contributed by atoms with E-state index in [9.17, 15) is 0 Å². The van der Waals surface area contributed by atoms with Crippen molar-refractivity contribution in [3.8, 4) is 5.75 Å². The first-order chi connectivity index (χ1) is 9.33. The highest BCUT2D eigenvalue weighted by Gasteiger charge is 2.23. The molecule has 0 aliphatic heterocycles. The van der Waals surface area contributed by atoms with Gasteiger partial charge in [0.2, 0.25) is 0 Å². The lowest BCUT2D eigenvalue weighted by Gasteiger charge is -2.29. The molecule has 2 atom stereocenters. The van der Waals surface area contributed by atoms with E-state index in [1.165, 1.54) is 37.0 Å². The van der Waals surface area contributed by atoms with Gasteiger partial charge in [-0.3, -0.25) is 0 Å². The van der Waals surface area contributed by atoms with Gasteiger partial charge < -0.3 is 10.1 Å². The first-order valence-electron chi connectivity index (χ1n) is 7.36. The Morgan fingerprint density at radius 2 is 2.16 bits per heavy atom. The van der Waals surface area contributed by atoms with E-state index in [0.717, 1.165) is 17.5 Å².